The van der Waals surface area contributed by atoms with Gasteiger partial charge in [-0.25, -0.2) is 0 Å². The van der Waals surface area contributed by atoms with E-state index >= 15 is 0 Å². The summed E-state index contributed by atoms with van der Waals surface area (Å²) in [6.45, 7) is 2.03. The Morgan fingerprint density at radius 2 is 1.67 bits per heavy atom. The van der Waals surface area contributed by atoms with Crippen molar-refractivity contribution in [1.82, 2.24) is 0 Å². The van der Waals surface area contributed by atoms with E-state index in [1.165, 1.54) is 11.3 Å². The van der Waals surface area contributed by atoms with Gasteiger partial charge in [0.25, 0.3) is 0 Å². The SMILES string of the molecule is CC(Nc1cc(Cl)c(Cl)cc1Cl)c1ccc(Cl)s1. The largest absolute Gasteiger partial charge is 0.376 e. The molecule has 0 aliphatic carbocycles. The highest BCUT2D eigenvalue weighted by Crippen LogP contribution is 2.35. The number of rotatable bonds is 3. The van der Waals surface area contributed by atoms with Gasteiger partial charge in [0.1, 0.15) is 0 Å². The van der Waals surface area contributed by atoms with Gasteiger partial charge in [0.15, 0.2) is 0 Å². The van der Waals surface area contributed by atoms with Gasteiger partial charge in [-0.1, -0.05) is 46.4 Å². The molecule has 96 valence electrons. The molecule has 0 saturated carbocycles. The van der Waals surface area contributed by atoms with Crippen molar-refractivity contribution in [2.75, 3.05) is 5.32 Å². The highest BCUT2D eigenvalue weighted by Gasteiger charge is 2.11. The Bertz CT molecular complexity index is 567. The van der Waals surface area contributed by atoms with E-state index in [1.807, 2.05) is 19.1 Å². The maximum Gasteiger partial charge on any atom is 0.0932 e. The quantitative estimate of drug-likeness (QED) is 0.626. The van der Waals surface area contributed by atoms with Gasteiger partial charge < -0.3 is 5.32 Å². The zero-order valence-corrected chi connectivity index (χ0v) is 13.1. The normalized spacial score (nSPS) is 12.5. The summed E-state index contributed by atoms with van der Waals surface area (Å²) in [6, 6.07) is 7.30. The molecular weight excluding hydrogens is 332 g/mol. The van der Waals surface area contributed by atoms with Crippen molar-refractivity contribution in [3.05, 3.63) is 48.5 Å². The van der Waals surface area contributed by atoms with Gasteiger partial charge >= 0.3 is 0 Å². The van der Waals surface area contributed by atoms with E-state index < -0.39 is 0 Å². The minimum atomic E-state index is 0.0947. The van der Waals surface area contributed by atoms with E-state index in [0.717, 1.165) is 14.9 Å². The molecule has 0 spiro atoms. The smallest absolute Gasteiger partial charge is 0.0932 e. The third kappa shape index (κ3) is 3.25. The van der Waals surface area contributed by atoms with Gasteiger partial charge in [0, 0.05) is 4.88 Å². The summed E-state index contributed by atoms with van der Waals surface area (Å²) in [5.41, 5.74) is 0.753. The van der Waals surface area contributed by atoms with Crippen molar-refractivity contribution >= 4 is 63.4 Å². The first-order chi connectivity index (χ1) is 8.47. The lowest BCUT2D eigenvalue weighted by Gasteiger charge is -2.15. The molecule has 6 heteroatoms. The Kier molecular flexibility index (Phi) is 4.68. The Morgan fingerprint density at radius 1 is 1.00 bits per heavy atom. The molecule has 2 aromatic rings. The van der Waals surface area contributed by atoms with Crippen molar-refractivity contribution in [3.8, 4) is 0 Å². The average molecular weight is 341 g/mol. The molecule has 0 fully saturated rings. The van der Waals surface area contributed by atoms with Crippen LogP contribution in [-0.2, 0) is 0 Å². The molecule has 1 aromatic heterocycles. The average Bonchev–Trinajstić information content (AvgIpc) is 2.73. The number of benzene rings is 1. The van der Waals surface area contributed by atoms with Gasteiger partial charge in [-0.15, -0.1) is 11.3 Å². The predicted molar refractivity (Wildman–Crippen MR) is 82.8 cm³/mol. The van der Waals surface area contributed by atoms with Gasteiger partial charge in [-0.05, 0) is 31.2 Å². The van der Waals surface area contributed by atoms with E-state index in [4.69, 9.17) is 46.4 Å². The van der Waals surface area contributed by atoms with Crippen LogP contribution < -0.4 is 5.32 Å². The fraction of sp³-hybridized carbons (Fsp3) is 0.167. The summed E-state index contributed by atoms with van der Waals surface area (Å²) < 4.78 is 0.763. The molecule has 0 radical (unpaired) electrons. The number of anilines is 1. The predicted octanol–water partition coefficient (Wildman–Crippen LogP) is 6.53. The summed E-state index contributed by atoms with van der Waals surface area (Å²) in [4.78, 5) is 1.13. The van der Waals surface area contributed by atoms with Gasteiger partial charge in [-0.2, -0.15) is 0 Å². The first kappa shape index (κ1) is 14.3. The number of thiophene rings is 1. The second kappa shape index (κ2) is 5.89. The van der Waals surface area contributed by atoms with Gasteiger partial charge in [0.2, 0.25) is 0 Å². The Balaban J connectivity index is 2.21. The monoisotopic (exact) mass is 339 g/mol. The molecule has 0 saturated heterocycles. The fourth-order valence-electron chi connectivity index (χ4n) is 1.50. The van der Waals surface area contributed by atoms with Crippen LogP contribution in [0.15, 0.2) is 24.3 Å². The van der Waals surface area contributed by atoms with Crippen LogP contribution in [0.4, 0.5) is 5.69 Å². The summed E-state index contributed by atoms with van der Waals surface area (Å²) in [7, 11) is 0. The lowest BCUT2D eigenvalue weighted by Crippen LogP contribution is -2.05. The third-order valence-corrected chi connectivity index (χ3v) is 4.85. The Hall–Kier alpha value is -0.120. The number of halogens is 4. The van der Waals surface area contributed by atoms with Crippen LogP contribution >= 0.6 is 57.7 Å². The van der Waals surface area contributed by atoms with E-state index in [-0.39, 0.29) is 6.04 Å². The summed E-state index contributed by atoms with van der Waals surface area (Å²) in [6.07, 6.45) is 0. The lowest BCUT2D eigenvalue weighted by molar-refractivity contribution is 0.908. The van der Waals surface area contributed by atoms with Gasteiger partial charge in [0.05, 0.1) is 31.1 Å². The second-order valence-electron chi connectivity index (χ2n) is 3.75. The molecule has 0 amide bonds. The fourth-order valence-corrected chi connectivity index (χ4v) is 3.16. The van der Waals surface area contributed by atoms with E-state index in [0.29, 0.717) is 15.1 Å². The Morgan fingerprint density at radius 3 is 2.28 bits per heavy atom. The van der Waals surface area contributed by atoms with Crippen molar-refractivity contribution in [2.45, 2.75) is 13.0 Å². The molecule has 1 aromatic carbocycles. The first-order valence-corrected chi connectivity index (χ1v) is 7.46. The molecule has 0 bridgehead atoms. The molecule has 0 aliphatic rings. The number of nitrogens with one attached hydrogen (secondary N) is 1. The van der Waals surface area contributed by atoms with Gasteiger partial charge in [-0.3, -0.25) is 0 Å². The van der Waals surface area contributed by atoms with E-state index in [9.17, 15) is 0 Å². The third-order valence-electron chi connectivity index (χ3n) is 2.40. The van der Waals surface area contributed by atoms with Crippen molar-refractivity contribution in [3.63, 3.8) is 0 Å². The van der Waals surface area contributed by atoms with Crippen LogP contribution in [0.3, 0.4) is 0 Å². The standard InChI is InChI=1S/C12H9Cl4NS/c1-6(11-2-3-12(16)18-11)17-10-5-8(14)7(13)4-9(10)15/h2-6,17H,1H3. The van der Waals surface area contributed by atoms with Crippen LogP contribution in [0.25, 0.3) is 0 Å². The van der Waals surface area contributed by atoms with Crippen LogP contribution in [-0.4, -0.2) is 0 Å². The first-order valence-electron chi connectivity index (χ1n) is 5.13. The minimum absolute atomic E-state index is 0.0947. The zero-order chi connectivity index (χ0) is 13.3. The molecule has 2 rings (SSSR count). The number of hydrogen-bond donors (Lipinski definition) is 1. The van der Waals surface area contributed by atoms with E-state index in [1.54, 1.807) is 12.1 Å². The van der Waals surface area contributed by atoms with Crippen LogP contribution in [0.1, 0.15) is 17.8 Å². The summed E-state index contributed by atoms with van der Waals surface area (Å²) >= 11 is 25.4. The minimum Gasteiger partial charge on any atom is -0.376 e. The summed E-state index contributed by atoms with van der Waals surface area (Å²) in [5, 5.41) is 4.74. The van der Waals surface area contributed by atoms with Crippen LogP contribution in [0, 0.1) is 0 Å². The maximum atomic E-state index is 6.11. The molecule has 1 unspecified atom stereocenters. The maximum absolute atomic E-state index is 6.11. The molecular formula is C12H9Cl4NS. The highest BCUT2D eigenvalue weighted by atomic mass is 35.5. The van der Waals surface area contributed by atoms with Crippen molar-refractivity contribution in [2.24, 2.45) is 0 Å². The molecule has 0 aliphatic heterocycles. The molecule has 1 heterocycles. The zero-order valence-electron chi connectivity index (χ0n) is 9.31. The lowest BCUT2D eigenvalue weighted by atomic mass is 10.2. The molecule has 1 atom stereocenters. The van der Waals surface area contributed by atoms with Crippen molar-refractivity contribution < 1.29 is 0 Å². The molecule has 1 nitrogen and oxygen atoms in total. The topological polar surface area (TPSA) is 12.0 Å². The van der Waals surface area contributed by atoms with Crippen molar-refractivity contribution in [1.29, 1.82) is 0 Å². The van der Waals surface area contributed by atoms with E-state index in [2.05, 4.69) is 5.32 Å². The molecule has 18 heavy (non-hydrogen) atoms. The van der Waals surface area contributed by atoms with Crippen LogP contribution in [0.2, 0.25) is 19.4 Å². The Labute approximate surface area is 130 Å². The number of hydrogen-bond acceptors (Lipinski definition) is 2. The second-order valence-corrected chi connectivity index (χ2v) is 6.72. The summed E-state index contributed by atoms with van der Waals surface area (Å²) in [5.74, 6) is 0. The highest BCUT2D eigenvalue weighted by molar-refractivity contribution is 7.16. The molecule has 1 N–H and O–H groups in total. The van der Waals surface area contributed by atoms with Crippen LogP contribution in [0.5, 0.6) is 0 Å².